The fraction of sp³-hybridized carbons (Fsp3) is 0.364. The third-order valence-electron chi connectivity index (χ3n) is 5.26. The maximum Gasteiger partial charge on any atom is 0.235 e. The number of benzene rings is 1. The van der Waals surface area contributed by atoms with Crippen LogP contribution in [0.25, 0.3) is 11.4 Å². The van der Waals surface area contributed by atoms with Crippen molar-refractivity contribution >= 4 is 34.0 Å². The first-order valence-corrected chi connectivity index (χ1v) is 11.8. The molecule has 3 aromatic rings. The van der Waals surface area contributed by atoms with Crippen molar-refractivity contribution in [3.63, 3.8) is 0 Å². The summed E-state index contributed by atoms with van der Waals surface area (Å²) in [6.45, 7) is 2.05. The smallest absolute Gasteiger partial charge is 0.235 e. The average Bonchev–Trinajstić information content (AvgIpc) is 3.17. The molecule has 0 unspecified atom stereocenters. The molecule has 1 aliphatic rings. The van der Waals surface area contributed by atoms with Crippen LogP contribution in [0.15, 0.2) is 29.4 Å². The molecule has 154 valence electrons. The van der Waals surface area contributed by atoms with Gasteiger partial charge in [0.05, 0.1) is 11.3 Å². The Labute approximate surface area is 184 Å². The molecule has 1 aliphatic carbocycles. The van der Waals surface area contributed by atoms with Crippen molar-refractivity contribution in [3.05, 3.63) is 45.8 Å². The number of thioether (sulfide) groups is 1. The molecule has 1 N–H and O–H groups in total. The number of nitrogens with one attached hydrogen (secondary N) is 1. The molecule has 2 heterocycles. The number of amides is 1. The minimum absolute atomic E-state index is 0.132. The predicted molar refractivity (Wildman–Crippen MR) is 121 cm³/mol. The van der Waals surface area contributed by atoms with Crippen LogP contribution in [0.3, 0.4) is 0 Å². The van der Waals surface area contributed by atoms with E-state index in [1.807, 2.05) is 42.8 Å². The van der Waals surface area contributed by atoms with Gasteiger partial charge in [-0.15, -0.1) is 21.5 Å². The number of carbonyl (C=O) groups is 1. The van der Waals surface area contributed by atoms with E-state index in [1.165, 1.54) is 28.6 Å². The Balaban J connectivity index is 1.43. The zero-order valence-electron chi connectivity index (χ0n) is 17.1. The fourth-order valence-electron chi connectivity index (χ4n) is 3.64. The first-order chi connectivity index (χ1) is 14.6. The van der Waals surface area contributed by atoms with Crippen molar-refractivity contribution in [2.75, 3.05) is 11.1 Å². The van der Waals surface area contributed by atoms with E-state index in [-0.39, 0.29) is 11.7 Å². The molecule has 2 aromatic heterocycles. The molecule has 0 saturated carbocycles. The highest BCUT2D eigenvalue weighted by Crippen LogP contribution is 2.37. The molecule has 0 bridgehead atoms. The lowest BCUT2D eigenvalue weighted by molar-refractivity contribution is -0.113. The first-order valence-electron chi connectivity index (χ1n) is 10.0. The van der Waals surface area contributed by atoms with Crippen molar-refractivity contribution in [3.8, 4) is 17.5 Å². The number of fused-ring (bicyclic) bond motifs is 1. The third-order valence-corrected chi connectivity index (χ3v) is 7.49. The predicted octanol–water partition coefficient (Wildman–Crippen LogP) is 4.72. The van der Waals surface area contributed by atoms with Gasteiger partial charge in [-0.3, -0.25) is 4.79 Å². The quantitative estimate of drug-likeness (QED) is 0.461. The van der Waals surface area contributed by atoms with E-state index in [9.17, 15) is 10.1 Å². The minimum Gasteiger partial charge on any atom is -0.316 e. The molecule has 0 saturated heterocycles. The monoisotopic (exact) mass is 437 g/mol. The normalized spacial score (nSPS) is 13.4. The molecule has 0 aliphatic heterocycles. The van der Waals surface area contributed by atoms with Crippen LogP contribution < -0.4 is 5.32 Å². The van der Waals surface area contributed by atoms with E-state index in [2.05, 4.69) is 21.6 Å². The second kappa shape index (κ2) is 9.02. The van der Waals surface area contributed by atoms with Crippen LogP contribution in [0.5, 0.6) is 0 Å². The molecule has 0 radical (unpaired) electrons. The maximum atomic E-state index is 12.6. The molecule has 0 atom stereocenters. The van der Waals surface area contributed by atoms with Gasteiger partial charge in [0.25, 0.3) is 0 Å². The minimum atomic E-state index is -0.132. The number of nitriles is 1. The van der Waals surface area contributed by atoms with E-state index >= 15 is 0 Å². The van der Waals surface area contributed by atoms with Crippen molar-refractivity contribution in [2.24, 2.45) is 7.05 Å². The van der Waals surface area contributed by atoms with Gasteiger partial charge in [-0.05, 0) is 38.2 Å². The standard InChI is InChI=1S/C22H23N5OS2/c1-14-8-10-15(11-9-14)20-25-26-22(27(20)2)29-13-19(28)24-21-17(12-23)16-6-4-3-5-7-18(16)30-21/h8-11H,3-7,13H2,1-2H3,(H,24,28). The maximum absolute atomic E-state index is 12.6. The second-order valence-electron chi connectivity index (χ2n) is 7.45. The number of rotatable bonds is 5. The van der Waals surface area contributed by atoms with Crippen LogP contribution in [0, 0.1) is 18.3 Å². The summed E-state index contributed by atoms with van der Waals surface area (Å²) < 4.78 is 1.90. The van der Waals surface area contributed by atoms with E-state index in [0.29, 0.717) is 15.7 Å². The first kappa shape index (κ1) is 20.6. The third kappa shape index (κ3) is 4.27. The van der Waals surface area contributed by atoms with Crippen LogP contribution >= 0.6 is 23.1 Å². The van der Waals surface area contributed by atoms with E-state index in [0.717, 1.165) is 42.6 Å². The Morgan fingerprint density at radius 3 is 2.77 bits per heavy atom. The summed E-state index contributed by atoms with van der Waals surface area (Å²) in [7, 11) is 1.90. The Hall–Kier alpha value is -2.63. The lowest BCUT2D eigenvalue weighted by Gasteiger charge is -2.05. The van der Waals surface area contributed by atoms with Crippen LogP contribution in [0.4, 0.5) is 5.00 Å². The van der Waals surface area contributed by atoms with Crippen LogP contribution in [-0.4, -0.2) is 26.4 Å². The number of carbonyl (C=O) groups excluding carboxylic acids is 1. The van der Waals surface area contributed by atoms with E-state index < -0.39 is 0 Å². The van der Waals surface area contributed by atoms with Gasteiger partial charge in [0.1, 0.15) is 11.1 Å². The van der Waals surface area contributed by atoms with E-state index in [4.69, 9.17) is 0 Å². The molecule has 8 heteroatoms. The SMILES string of the molecule is Cc1ccc(-c2nnc(SCC(=O)Nc3sc4c(c3C#N)CCCCC4)n2C)cc1. The number of aromatic nitrogens is 3. The Bertz CT molecular complexity index is 1110. The van der Waals surface area contributed by atoms with Gasteiger partial charge in [-0.25, -0.2) is 0 Å². The molecular weight excluding hydrogens is 414 g/mol. The lowest BCUT2D eigenvalue weighted by atomic mass is 10.1. The van der Waals surface area contributed by atoms with Crippen molar-refractivity contribution in [2.45, 2.75) is 44.2 Å². The highest BCUT2D eigenvalue weighted by Gasteiger charge is 2.21. The number of thiophene rings is 1. The average molecular weight is 438 g/mol. The summed E-state index contributed by atoms with van der Waals surface area (Å²) in [5.41, 5.74) is 3.97. The molecule has 0 spiro atoms. The van der Waals surface area contributed by atoms with Gasteiger partial charge in [0, 0.05) is 17.5 Å². The second-order valence-corrected chi connectivity index (χ2v) is 9.50. The highest BCUT2D eigenvalue weighted by molar-refractivity contribution is 7.99. The van der Waals surface area contributed by atoms with Gasteiger partial charge >= 0.3 is 0 Å². The number of aryl methyl sites for hydroxylation is 2. The highest BCUT2D eigenvalue weighted by atomic mass is 32.2. The summed E-state index contributed by atoms with van der Waals surface area (Å²) in [5.74, 6) is 0.854. The summed E-state index contributed by atoms with van der Waals surface area (Å²) in [5, 5.41) is 22.5. The fourth-order valence-corrected chi connectivity index (χ4v) is 5.60. The van der Waals surface area contributed by atoms with Crippen molar-refractivity contribution < 1.29 is 4.79 Å². The van der Waals surface area contributed by atoms with Gasteiger partial charge < -0.3 is 9.88 Å². The Morgan fingerprint density at radius 2 is 2.00 bits per heavy atom. The number of hydrogen-bond donors (Lipinski definition) is 1. The number of nitrogens with zero attached hydrogens (tertiary/aromatic N) is 4. The topological polar surface area (TPSA) is 83.6 Å². The van der Waals surface area contributed by atoms with Crippen LogP contribution in [0.1, 0.15) is 40.8 Å². The molecule has 6 nitrogen and oxygen atoms in total. The largest absolute Gasteiger partial charge is 0.316 e. The van der Waals surface area contributed by atoms with Gasteiger partial charge in [-0.2, -0.15) is 5.26 Å². The van der Waals surface area contributed by atoms with Gasteiger partial charge in [0.15, 0.2) is 11.0 Å². The van der Waals surface area contributed by atoms with Gasteiger partial charge in [0.2, 0.25) is 5.91 Å². The summed E-state index contributed by atoms with van der Waals surface area (Å²) in [4.78, 5) is 13.8. The van der Waals surface area contributed by atoms with Crippen LogP contribution in [-0.2, 0) is 24.7 Å². The molecule has 1 aromatic carbocycles. The molecule has 1 amide bonds. The molecule has 4 rings (SSSR count). The summed E-state index contributed by atoms with van der Waals surface area (Å²) >= 11 is 2.90. The zero-order chi connectivity index (χ0) is 21.1. The Morgan fingerprint density at radius 1 is 1.23 bits per heavy atom. The summed E-state index contributed by atoms with van der Waals surface area (Å²) in [6, 6.07) is 10.4. The van der Waals surface area contributed by atoms with Gasteiger partial charge in [-0.1, -0.05) is 48.0 Å². The van der Waals surface area contributed by atoms with Crippen molar-refractivity contribution in [1.29, 1.82) is 5.26 Å². The number of hydrogen-bond acceptors (Lipinski definition) is 6. The lowest BCUT2D eigenvalue weighted by Crippen LogP contribution is -2.14. The molecule has 0 fully saturated rings. The van der Waals surface area contributed by atoms with Crippen LogP contribution in [0.2, 0.25) is 0 Å². The molecule has 30 heavy (non-hydrogen) atoms. The van der Waals surface area contributed by atoms with E-state index in [1.54, 1.807) is 11.3 Å². The molecular formula is C22H23N5OS2. The van der Waals surface area contributed by atoms with Crippen molar-refractivity contribution in [1.82, 2.24) is 14.8 Å². The Kier molecular flexibility index (Phi) is 6.21. The zero-order valence-corrected chi connectivity index (χ0v) is 18.7. The number of anilines is 1. The summed E-state index contributed by atoms with van der Waals surface area (Å²) in [6.07, 6.45) is 5.39.